The smallest absolute Gasteiger partial charge is 0.418 e. The van der Waals surface area contributed by atoms with Crippen LogP contribution in [0.2, 0.25) is 5.02 Å². The summed E-state index contributed by atoms with van der Waals surface area (Å²) in [4.78, 5) is 11.2. The van der Waals surface area contributed by atoms with Crippen molar-refractivity contribution >= 4 is 23.3 Å². The fourth-order valence-corrected chi connectivity index (χ4v) is 1.46. The molecule has 88 valence electrons. The molecule has 0 aromatic heterocycles. The SMILES string of the molecule is COC(=O)c1c(N)ccc(Cl)c1C(F)(F)F. The number of esters is 1. The van der Waals surface area contributed by atoms with E-state index in [0.717, 1.165) is 19.2 Å². The van der Waals surface area contributed by atoms with Crippen molar-refractivity contribution in [2.45, 2.75) is 6.18 Å². The summed E-state index contributed by atoms with van der Waals surface area (Å²) in [6, 6.07) is 2.09. The molecule has 1 rings (SSSR count). The zero-order chi connectivity index (χ0) is 12.5. The maximum atomic E-state index is 12.6. The number of rotatable bonds is 1. The fourth-order valence-electron chi connectivity index (χ4n) is 1.19. The molecule has 0 radical (unpaired) electrons. The monoisotopic (exact) mass is 253 g/mol. The molecule has 0 aliphatic rings. The van der Waals surface area contributed by atoms with Crippen molar-refractivity contribution in [3.05, 3.63) is 28.3 Å². The molecule has 1 aromatic rings. The highest BCUT2D eigenvalue weighted by Gasteiger charge is 2.39. The summed E-state index contributed by atoms with van der Waals surface area (Å²) >= 11 is 5.40. The fraction of sp³-hybridized carbons (Fsp3) is 0.222. The minimum Gasteiger partial charge on any atom is -0.465 e. The first kappa shape index (κ1) is 12.6. The number of anilines is 1. The second-order valence-electron chi connectivity index (χ2n) is 2.88. The Hall–Kier alpha value is -1.43. The number of carbonyl (C=O) groups is 1. The lowest BCUT2D eigenvalue weighted by atomic mass is 10.0. The zero-order valence-electron chi connectivity index (χ0n) is 8.06. The van der Waals surface area contributed by atoms with Gasteiger partial charge in [-0.25, -0.2) is 4.79 Å². The van der Waals surface area contributed by atoms with E-state index in [1.54, 1.807) is 0 Å². The van der Waals surface area contributed by atoms with Crippen molar-refractivity contribution < 1.29 is 22.7 Å². The third kappa shape index (κ3) is 2.21. The molecule has 16 heavy (non-hydrogen) atoms. The van der Waals surface area contributed by atoms with E-state index in [1.807, 2.05) is 0 Å². The topological polar surface area (TPSA) is 52.3 Å². The third-order valence-electron chi connectivity index (χ3n) is 1.86. The van der Waals surface area contributed by atoms with Crippen LogP contribution in [-0.2, 0) is 10.9 Å². The first-order chi connectivity index (χ1) is 7.29. The Kier molecular flexibility index (Phi) is 3.32. The van der Waals surface area contributed by atoms with Crippen LogP contribution in [0.15, 0.2) is 12.1 Å². The first-order valence-electron chi connectivity index (χ1n) is 4.02. The van der Waals surface area contributed by atoms with Crippen molar-refractivity contribution in [1.29, 1.82) is 0 Å². The van der Waals surface area contributed by atoms with Gasteiger partial charge in [-0.1, -0.05) is 11.6 Å². The van der Waals surface area contributed by atoms with Crippen molar-refractivity contribution in [1.82, 2.24) is 0 Å². The minimum atomic E-state index is -4.77. The second kappa shape index (κ2) is 4.21. The van der Waals surface area contributed by atoms with E-state index in [1.165, 1.54) is 0 Å². The lowest BCUT2D eigenvalue weighted by molar-refractivity contribution is -0.138. The van der Waals surface area contributed by atoms with Crippen LogP contribution in [0.5, 0.6) is 0 Å². The molecule has 0 bridgehead atoms. The van der Waals surface area contributed by atoms with Gasteiger partial charge >= 0.3 is 12.1 Å². The predicted octanol–water partition coefficient (Wildman–Crippen LogP) is 2.73. The van der Waals surface area contributed by atoms with Crippen molar-refractivity contribution in [2.75, 3.05) is 12.8 Å². The Morgan fingerprint density at radius 1 is 1.44 bits per heavy atom. The van der Waals surface area contributed by atoms with E-state index >= 15 is 0 Å². The van der Waals surface area contributed by atoms with Gasteiger partial charge in [0.05, 0.1) is 23.3 Å². The summed E-state index contributed by atoms with van der Waals surface area (Å²) in [6.07, 6.45) is -4.77. The van der Waals surface area contributed by atoms with Crippen molar-refractivity contribution in [3.63, 3.8) is 0 Å². The number of methoxy groups -OCH3 is 1. The summed E-state index contributed by atoms with van der Waals surface area (Å²) in [5.74, 6) is -1.17. The number of benzene rings is 1. The molecule has 7 heteroatoms. The highest BCUT2D eigenvalue weighted by atomic mass is 35.5. The van der Waals surface area contributed by atoms with Crippen LogP contribution < -0.4 is 5.73 Å². The van der Waals surface area contributed by atoms with Crippen LogP contribution >= 0.6 is 11.6 Å². The van der Waals surface area contributed by atoms with Crippen molar-refractivity contribution in [3.8, 4) is 0 Å². The standard InChI is InChI=1S/C9H7ClF3NO2/c1-16-8(15)6-5(14)3-2-4(10)7(6)9(11,12)13/h2-3H,14H2,1H3. The Bertz CT molecular complexity index is 431. The van der Waals surface area contributed by atoms with Crippen LogP contribution in [0.4, 0.5) is 18.9 Å². The summed E-state index contributed by atoms with van der Waals surface area (Å²) < 4.78 is 42.1. The third-order valence-corrected chi connectivity index (χ3v) is 2.17. The Labute approximate surface area is 93.9 Å². The number of ether oxygens (including phenoxy) is 1. The van der Waals surface area contributed by atoms with Gasteiger partial charge in [0.2, 0.25) is 0 Å². The maximum absolute atomic E-state index is 12.6. The average Bonchev–Trinajstić information content (AvgIpc) is 2.18. The van der Waals surface area contributed by atoms with Crippen molar-refractivity contribution in [2.24, 2.45) is 0 Å². The van der Waals surface area contributed by atoms with E-state index in [4.69, 9.17) is 17.3 Å². The summed E-state index contributed by atoms with van der Waals surface area (Å²) in [5.41, 5.74) is 2.94. The zero-order valence-corrected chi connectivity index (χ0v) is 8.82. The molecule has 1 aromatic carbocycles. The summed E-state index contributed by atoms with van der Waals surface area (Å²) in [7, 11) is 0.961. The molecule has 0 spiro atoms. The van der Waals surface area contributed by atoms with Gasteiger partial charge in [0.15, 0.2) is 0 Å². The lowest BCUT2D eigenvalue weighted by Gasteiger charge is -2.14. The highest BCUT2D eigenvalue weighted by Crippen LogP contribution is 2.39. The Morgan fingerprint density at radius 2 is 2.00 bits per heavy atom. The van der Waals surface area contributed by atoms with Gasteiger partial charge in [-0.15, -0.1) is 0 Å². The van der Waals surface area contributed by atoms with Gasteiger partial charge < -0.3 is 10.5 Å². The molecule has 2 N–H and O–H groups in total. The number of nitrogen functional groups attached to an aromatic ring is 1. The van der Waals surface area contributed by atoms with Crippen LogP contribution in [0.25, 0.3) is 0 Å². The highest BCUT2D eigenvalue weighted by molar-refractivity contribution is 6.32. The Morgan fingerprint density at radius 3 is 2.44 bits per heavy atom. The number of alkyl halides is 3. The van der Waals surface area contributed by atoms with E-state index in [9.17, 15) is 18.0 Å². The molecule has 0 aliphatic heterocycles. The molecule has 0 atom stereocenters. The van der Waals surface area contributed by atoms with E-state index in [0.29, 0.717) is 0 Å². The van der Waals surface area contributed by atoms with Gasteiger partial charge in [0, 0.05) is 5.69 Å². The molecular weight excluding hydrogens is 247 g/mol. The number of nitrogens with two attached hydrogens (primary N) is 1. The van der Waals surface area contributed by atoms with Gasteiger partial charge in [0.25, 0.3) is 0 Å². The number of halogens is 4. The number of carbonyl (C=O) groups excluding carboxylic acids is 1. The number of hydrogen-bond donors (Lipinski definition) is 1. The molecule has 0 aliphatic carbocycles. The quantitative estimate of drug-likeness (QED) is 0.618. The van der Waals surface area contributed by atoms with E-state index in [2.05, 4.69) is 4.74 Å². The van der Waals surface area contributed by atoms with Gasteiger partial charge in [0.1, 0.15) is 0 Å². The normalized spacial score (nSPS) is 11.3. The Balaban J connectivity index is 3.56. The molecule has 0 fully saturated rings. The maximum Gasteiger partial charge on any atom is 0.418 e. The second-order valence-corrected chi connectivity index (χ2v) is 3.28. The summed E-state index contributed by atoms with van der Waals surface area (Å²) in [5, 5.41) is -0.595. The van der Waals surface area contributed by atoms with Gasteiger partial charge in [-0.05, 0) is 12.1 Å². The van der Waals surface area contributed by atoms with Gasteiger partial charge in [-0.2, -0.15) is 13.2 Å². The molecule has 0 unspecified atom stereocenters. The molecule has 0 heterocycles. The molecular formula is C9H7ClF3NO2. The molecule has 0 saturated heterocycles. The van der Waals surface area contributed by atoms with Crippen LogP contribution in [0.1, 0.15) is 15.9 Å². The first-order valence-corrected chi connectivity index (χ1v) is 4.40. The molecule has 0 amide bonds. The number of hydrogen-bond acceptors (Lipinski definition) is 3. The van der Waals surface area contributed by atoms with E-state index < -0.39 is 28.3 Å². The van der Waals surface area contributed by atoms with Crippen LogP contribution in [0, 0.1) is 0 Å². The largest absolute Gasteiger partial charge is 0.465 e. The molecule has 0 saturated carbocycles. The average molecular weight is 254 g/mol. The molecule has 3 nitrogen and oxygen atoms in total. The predicted molar refractivity (Wildman–Crippen MR) is 52.2 cm³/mol. The van der Waals surface area contributed by atoms with Crippen LogP contribution in [0.3, 0.4) is 0 Å². The van der Waals surface area contributed by atoms with Crippen LogP contribution in [-0.4, -0.2) is 13.1 Å². The lowest BCUT2D eigenvalue weighted by Crippen LogP contribution is -2.17. The van der Waals surface area contributed by atoms with Gasteiger partial charge in [-0.3, -0.25) is 0 Å². The minimum absolute atomic E-state index is 0.330. The van der Waals surface area contributed by atoms with E-state index in [-0.39, 0.29) is 5.69 Å². The summed E-state index contributed by atoms with van der Waals surface area (Å²) in [6.45, 7) is 0.